The molecule has 3 heteroatoms. The minimum Gasteiger partial charge on any atom is -0.479 e. The van der Waals surface area contributed by atoms with Crippen LogP contribution in [0.3, 0.4) is 0 Å². The van der Waals surface area contributed by atoms with Gasteiger partial charge in [-0.15, -0.1) is 0 Å². The molecule has 152 valence electrons. The Bertz CT molecular complexity index is 825. The average molecular weight is 391 g/mol. The van der Waals surface area contributed by atoms with Gasteiger partial charge in [-0.05, 0) is 72.8 Å². The highest BCUT2D eigenvalue weighted by Crippen LogP contribution is 2.60. The van der Waals surface area contributed by atoms with Gasteiger partial charge in [0.05, 0.1) is 6.61 Å². The molecule has 0 amide bonds. The predicted octanol–water partition coefficient (Wildman–Crippen LogP) is 5.44. The lowest BCUT2D eigenvalue weighted by Crippen LogP contribution is -2.51. The Hall–Kier alpha value is -2.13. The number of aliphatic carboxylic acids is 1. The Balaban J connectivity index is 1.46. The van der Waals surface area contributed by atoms with E-state index in [9.17, 15) is 9.90 Å². The lowest BCUT2D eigenvalue weighted by molar-refractivity contribution is -0.183. The SMILES string of the molecule is O=C(O)C(Cc1ccccc1)(OCC12CC3CC(CC(C3)C1)C2)c1ccccc1. The van der Waals surface area contributed by atoms with Gasteiger partial charge >= 0.3 is 5.97 Å². The lowest BCUT2D eigenvalue weighted by Gasteiger charge is -2.57. The topological polar surface area (TPSA) is 46.5 Å². The molecular weight excluding hydrogens is 360 g/mol. The van der Waals surface area contributed by atoms with E-state index in [1.165, 1.54) is 38.5 Å². The van der Waals surface area contributed by atoms with Crippen LogP contribution in [0.25, 0.3) is 0 Å². The largest absolute Gasteiger partial charge is 0.479 e. The van der Waals surface area contributed by atoms with Crippen molar-refractivity contribution in [3.8, 4) is 0 Å². The van der Waals surface area contributed by atoms with Gasteiger partial charge in [0.2, 0.25) is 0 Å². The third-order valence-electron chi connectivity index (χ3n) is 7.67. The fraction of sp³-hybridized carbons (Fsp3) is 0.500. The van der Waals surface area contributed by atoms with Gasteiger partial charge in [-0.3, -0.25) is 0 Å². The zero-order valence-electron chi connectivity index (χ0n) is 16.9. The molecule has 1 N–H and O–H groups in total. The van der Waals surface area contributed by atoms with E-state index in [1.54, 1.807) is 0 Å². The van der Waals surface area contributed by atoms with Crippen molar-refractivity contribution in [2.24, 2.45) is 23.2 Å². The molecule has 4 aliphatic carbocycles. The van der Waals surface area contributed by atoms with E-state index < -0.39 is 11.6 Å². The van der Waals surface area contributed by atoms with Crippen molar-refractivity contribution in [1.82, 2.24) is 0 Å². The van der Waals surface area contributed by atoms with E-state index in [-0.39, 0.29) is 5.41 Å². The molecule has 4 saturated carbocycles. The molecule has 1 unspecified atom stereocenters. The molecular formula is C26H30O3. The number of carboxylic acids is 1. The molecule has 2 aromatic rings. The molecule has 4 fully saturated rings. The molecule has 0 radical (unpaired) electrons. The third kappa shape index (κ3) is 3.50. The zero-order valence-corrected chi connectivity index (χ0v) is 16.9. The Labute approximate surface area is 173 Å². The minimum absolute atomic E-state index is 0.181. The van der Waals surface area contributed by atoms with Crippen LogP contribution >= 0.6 is 0 Å². The second-order valence-corrected chi connectivity index (χ2v) is 9.87. The maximum Gasteiger partial charge on any atom is 0.341 e. The Morgan fingerprint density at radius 2 is 1.41 bits per heavy atom. The van der Waals surface area contributed by atoms with Gasteiger partial charge in [-0.1, -0.05) is 60.7 Å². The van der Waals surface area contributed by atoms with Crippen molar-refractivity contribution in [2.75, 3.05) is 6.61 Å². The summed E-state index contributed by atoms with van der Waals surface area (Å²) in [6, 6.07) is 19.4. The van der Waals surface area contributed by atoms with Gasteiger partial charge in [-0.25, -0.2) is 4.79 Å². The van der Waals surface area contributed by atoms with Gasteiger partial charge in [0.15, 0.2) is 5.60 Å². The van der Waals surface area contributed by atoms with Crippen molar-refractivity contribution in [3.63, 3.8) is 0 Å². The van der Waals surface area contributed by atoms with Crippen molar-refractivity contribution in [3.05, 3.63) is 71.8 Å². The highest BCUT2D eigenvalue weighted by molar-refractivity contribution is 5.80. The van der Waals surface area contributed by atoms with Crippen LogP contribution in [0.4, 0.5) is 0 Å². The van der Waals surface area contributed by atoms with Crippen LogP contribution < -0.4 is 0 Å². The first-order valence-corrected chi connectivity index (χ1v) is 11.0. The van der Waals surface area contributed by atoms with Crippen LogP contribution in [0.2, 0.25) is 0 Å². The fourth-order valence-corrected chi connectivity index (χ4v) is 6.83. The number of benzene rings is 2. The van der Waals surface area contributed by atoms with Crippen LogP contribution in [0.15, 0.2) is 60.7 Å². The van der Waals surface area contributed by atoms with E-state index in [0.29, 0.717) is 13.0 Å². The number of hydrogen-bond acceptors (Lipinski definition) is 2. The molecule has 1 atom stereocenters. The normalized spacial score (nSPS) is 32.1. The molecule has 3 nitrogen and oxygen atoms in total. The second kappa shape index (κ2) is 7.28. The zero-order chi connectivity index (χ0) is 19.9. The highest BCUT2D eigenvalue weighted by Gasteiger charge is 2.53. The van der Waals surface area contributed by atoms with E-state index in [4.69, 9.17) is 4.74 Å². The summed E-state index contributed by atoms with van der Waals surface area (Å²) < 4.78 is 6.57. The van der Waals surface area contributed by atoms with Crippen LogP contribution in [0.1, 0.15) is 49.7 Å². The molecule has 0 aromatic heterocycles. The van der Waals surface area contributed by atoms with Crippen molar-refractivity contribution in [2.45, 2.75) is 50.5 Å². The molecule has 4 bridgehead atoms. The lowest BCUT2D eigenvalue weighted by atomic mass is 9.50. The fourth-order valence-electron chi connectivity index (χ4n) is 6.83. The molecule has 2 aromatic carbocycles. The number of ether oxygens (including phenoxy) is 1. The Kier molecular flexibility index (Phi) is 4.74. The first-order chi connectivity index (χ1) is 14.1. The monoisotopic (exact) mass is 390 g/mol. The Morgan fingerprint density at radius 3 is 1.93 bits per heavy atom. The molecule has 0 spiro atoms. The summed E-state index contributed by atoms with van der Waals surface area (Å²) in [5.41, 5.74) is 0.567. The highest BCUT2D eigenvalue weighted by atomic mass is 16.5. The van der Waals surface area contributed by atoms with Crippen LogP contribution in [0, 0.1) is 23.2 Å². The summed E-state index contributed by atoms with van der Waals surface area (Å²) in [4.78, 5) is 12.7. The first-order valence-electron chi connectivity index (χ1n) is 11.0. The maximum atomic E-state index is 12.7. The molecule has 6 rings (SSSR count). The number of carbonyl (C=O) groups is 1. The van der Waals surface area contributed by atoms with Gasteiger partial charge < -0.3 is 9.84 Å². The molecule has 4 aliphatic rings. The average Bonchev–Trinajstić information content (AvgIpc) is 2.71. The third-order valence-corrected chi connectivity index (χ3v) is 7.67. The molecule has 0 aliphatic heterocycles. The van der Waals surface area contributed by atoms with Gasteiger partial charge in [0.1, 0.15) is 0 Å². The second-order valence-electron chi connectivity index (χ2n) is 9.87. The van der Waals surface area contributed by atoms with Crippen LogP contribution in [-0.4, -0.2) is 17.7 Å². The first kappa shape index (κ1) is 18.9. The Morgan fingerprint density at radius 1 is 0.897 bits per heavy atom. The predicted molar refractivity (Wildman–Crippen MR) is 112 cm³/mol. The van der Waals surface area contributed by atoms with Crippen molar-refractivity contribution >= 4 is 5.97 Å². The van der Waals surface area contributed by atoms with E-state index in [1.807, 2.05) is 60.7 Å². The minimum atomic E-state index is -1.34. The van der Waals surface area contributed by atoms with Crippen LogP contribution in [0.5, 0.6) is 0 Å². The number of rotatable bonds is 7. The summed E-state index contributed by atoms with van der Waals surface area (Å²) in [5, 5.41) is 10.4. The summed E-state index contributed by atoms with van der Waals surface area (Å²) in [6.07, 6.45) is 8.14. The van der Waals surface area contributed by atoms with E-state index in [0.717, 1.165) is 28.9 Å². The van der Waals surface area contributed by atoms with Crippen LogP contribution in [-0.2, 0) is 21.6 Å². The van der Waals surface area contributed by atoms with E-state index in [2.05, 4.69) is 0 Å². The smallest absolute Gasteiger partial charge is 0.341 e. The summed E-state index contributed by atoms with van der Waals surface area (Å²) in [6.45, 7) is 0.560. The molecule has 0 heterocycles. The summed E-state index contributed by atoms with van der Waals surface area (Å²) in [5.74, 6) is 1.59. The number of carboxylic acid groups (broad SMARTS) is 1. The van der Waals surface area contributed by atoms with Crippen molar-refractivity contribution < 1.29 is 14.6 Å². The summed E-state index contributed by atoms with van der Waals surface area (Å²) >= 11 is 0. The summed E-state index contributed by atoms with van der Waals surface area (Å²) in [7, 11) is 0. The molecule has 0 saturated heterocycles. The van der Waals surface area contributed by atoms with Crippen molar-refractivity contribution in [1.29, 1.82) is 0 Å². The van der Waals surface area contributed by atoms with Gasteiger partial charge in [-0.2, -0.15) is 0 Å². The quantitative estimate of drug-likeness (QED) is 0.684. The standard InChI is InChI=1S/C26H30O3/c27-24(28)26(23-9-5-2-6-10-23,17-19-7-3-1-4-8-19)29-18-25-14-20-11-21(15-25)13-22(12-20)16-25/h1-10,20-22H,11-18H2,(H,27,28). The molecule has 29 heavy (non-hydrogen) atoms. The van der Waals surface area contributed by atoms with E-state index >= 15 is 0 Å². The maximum absolute atomic E-state index is 12.7. The number of hydrogen-bond donors (Lipinski definition) is 1. The van der Waals surface area contributed by atoms with Gasteiger partial charge in [0.25, 0.3) is 0 Å². The van der Waals surface area contributed by atoms with Gasteiger partial charge in [0, 0.05) is 6.42 Å².